The smallest absolute Gasteiger partial charge is 0.0476 e. The first-order valence-electron chi connectivity index (χ1n) is 7.34. The lowest BCUT2D eigenvalue weighted by Crippen LogP contribution is -2.33. The maximum absolute atomic E-state index is 6.10. The van der Waals surface area contributed by atoms with Crippen LogP contribution in [0.3, 0.4) is 0 Å². The van der Waals surface area contributed by atoms with Crippen molar-refractivity contribution in [3.05, 3.63) is 57.8 Å². The summed E-state index contributed by atoms with van der Waals surface area (Å²) in [6.45, 7) is 7.08. The summed E-state index contributed by atoms with van der Waals surface area (Å²) in [5, 5.41) is 2.14. The SMILES string of the molecule is CCc1ccccc1C(CN)N(CC)Cc1cccs1. The van der Waals surface area contributed by atoms with E-state index in [2.05, 4.69) is 60.5 Å². The van der Waals surface area contributed by atoms with Crippen molar-refractivity contribution in [3.63, 3.8) is 0 Å². The Morgan fingerprint density at radius 1 is 1.15 bits per heavy atom. The van der Waals surface area contributed by atoms with Crippen LogP contribution in [0.15, 0.2) is 41.8 Å². The highest BCUT2D eigenvalue weighted by Crippen LogP contribution is 2.26. The number of hydrogen-bond acceptors (Lipinski definition) is 3. The highest BCUT2D eigenvalue weighted by atomic mass is 32.1. The number of likely N-dealkylation sites (N-methyl/N-ethyl adjacent to an activating group) is 1. The van der Waals surface area contributed by atoms with Crippen LogP contribution in [-0.4, -0.2) is 18.0 Å². The quantitative estimate of drug-likeness (QED) is 0.839. The van der Waals surface area contributed by atoms with Gasteiger partial charge in [-0.15, -0.1) is 11.3 Å². The minimum absolute atomic E-state index is 0.304. The van der Waals surface area contributed by atoms with Gasteiger partial charge in [0.2, 0.25) is 0 Å². The van der Waals surface area contributed by atoms with Crippen molar-refractivity contribution < 1.29 is 0 Å². The topological polar surface area (TPSA) is 29.3 Å². The summed E-state index contributed by atoms with van der Waals surface area (Å²) in [5.74, 6) is 0. The first-order valence-corrected chi connectivity index (χ1v) is 8.22. The Hall–Kier alpha value is -1.16. The molecule has 1 aromatic heterocycles. The number of benzene rings is 1. The molecule has 1 aromatic carbocycles. The van der Waals surface area contributed by atoms with E-state index in [9.17, 15) is 0 Å². The lowest BCUT2D eigenvalue weighted by molar-refractivity contribution is 0.204. The van der Waals surface area contributed by atoms with Crippen molar-refractivity contribution >= 4 is 11.3 Å². The van der Waals surface area contributed by atoms with Gasteiger partial charge < -0.3 is 5.73 Å². The summed E-state index contributed by atoms with van der Waals surface area (Å²) in [5.41, 5.74) is 8.89. The second-order valence-electron chi connectivity index (χ2n) is 4.95. The van der Waals surface area contributed by atoms with Crippen molar-refractivity contribution in [2.24, 2.45) is 5.73 Å². The van der Waals surface area contributed by atoms with Crippen molar-refractivity contribution in [1.29, 1.82) is 0 Å². The van der Waals surface area contributed by atoms with Crippen molar-refractivity contribution in [1.82, 2.24) is 4.90 Å². The molecule has 2 nitrogen and oxygen atoms in total. The zero-order chi connectivity index (χ0) is 14.4. The van der Waals surface area contributed by atoms with E-state index in [1.54, 1.807) is 0 Å². The molecule has 0 amide bonds. The minimum atomic E-state index is 0.304. The third-order valence-corrected chi connectivity index (χ3v) is 4.67. The number of aryl methyl sites for hydroxylation is 1. The second-order valence-corrected chi connectivity index (χ2v) is 5.98. The number of rotatable bonds is 7. The van der Waals surface area contributed by atoms with Crippen LogP contribution in [0.2, 0.25) is 0 Å². The molecule has 1 unspecified atom stereocenters. The Bertz CT molecular complexity index is 507. The van der Waals surface area contributed by atoms with Crippen LogP contribution in [0.1, 0.15) is 35.9 Å². The average Bonchev–Trinajstić information content (AvgIpc) is 3.00. The third kappa shape index (κ3) is 3.48. The molecule has 108 valence electrons. The maximum atomic E-state index is 6.10. The van der Waals surface area contributed by atoms with Gasteiger partial charge in [0.25, 0.3) is 0 Å². The summed E-state index contributed by atoms with van der Waals surface area (Å²) >= 11 is 1.82. The molecule has 0 aliphatic rings. The number of hydrogen-bond donors (Lipinski definition) is 1. The minimum Gasteiger partial charge on any atom is -0.329 e. The summed E-state index contributed by atoms with van der Waals surface area (Å²) < 4.78 is 0. The molecule has 0 bridgehead atoms. The van der Waals surface area contributed by atoms with Gasteiger partial charge in [0.05, 0.1) is 0 Å². The highest BCUT2D eigenvalue weighted by molar-refractivity contribution is 7.09. The lowest BCUT2D eigenvalue weighted by Gasteiger charge is -2.31. The number of thiophene rings is 1. The van der Waals surface area contributed by atoms with Gasteiger partial charge in [-0.3, -0.25) is 4.90 Å². The van der Waals surface area contributed by atoms with Gasteiger partial charge in [-0.1, -0.05) is 44.2 Å². The lowest BCUT2D eigenvalue weighted by atomic mass is 9.97. The number of nitrogens with two attached hydrogens (primary N) is 1. The molecule has 0 aliphatic carbocycles. The van der Waals surface area contributed by atoms with Crippen LogP contribution in [-0.2, 0) is 13.0 Å². The Kier molecular flexibility index (Phi) is 5.77. The molecule has 1 heterocycles. The molecule has 0 saturated carbocycles. The third-order valence-electron chi connectivity index (χ3n) is 3.80. The zero-order valence-corrected chi connectivity index (χ0v) is 13.2. The molecule has 3 heteroatoms. The molecule has 0 fully saturated rings. The van der Waals surface area contributed by atoms with E-state index in [4.69, 9.17) is 5.73 Å². The zero-order valence-electron chi connectivity index (χ0n) is 12.4. The van der Waals surface area contributed by atoms with E-state index in [0.29, 0.717) is 12.6 Å². The largest absolute Gasteiger partial charge is 0.329 e. The molecule has 0 saturated heterocycles. The summed E-state index contributed by atoms with van der Waals surface area (Å²) in [4.78, 5) is 3.87. The fraction of sp³-hybridized carbons (Fsp3) is 0.412. The Morgan fingerprint density at radius 3 is 2.55 bits per heavy atom. The highest BCUT2D eigenvalue weighted by Gasteiger charge is 2.20. The molecular weight excluding hydrogens is 264 g/mol. The summed E-state index contributed by atoms with van der Waals surface area (Å²) in [6.07, 6.45) is 1.06. The maximum Gasteiger partial charge on any atom is 0.0476 e. The van der Waals surface area contributed by atoms with Gasteiger partial charge in [0.1, 0.15) is 0 Å². The molecule has 2 rings (SSSR count). The number of nitrogens with zero attached hydrogens (tertiary/aromatic N) is 1. The first kappa shape index (κ1) is 15.2. The molecule has 0 aliphatic heterocycles. The van der Waals surface area contributed by atoms with Crippen molar-refractivity contribution in [3.8, 4) is 0 Å². The summed E-state index contributed by atoms with van der Waals surface area (Å²) in [7, 11) is 0. The van der Waals surface area contributed by atoms with Gasteiger partial charge in [-0.05, 0) is 35.5 Å². The van der Waals surface area contributed by atoms with Crippen LogP contribution < -0.4 is 5.73 Å². The van der Waals surface area contributed by atoms with Crippen molar-refractivity contribution in [2.75, 3.05) is 13.1 Å². The van der Waals surface area contributed by atoms with E-state index in [1.165, 1.54) is 16.0 Å². The van der Waals surface area contributed by atoms with E-state index in [0.717, 1.165) is 19.5 Å². The first-order chi connectivity index (χ1) is 9.80. The normalized spacial score (nSPS) is 12.8. The standard InChI is InChI=1S/C17H24N2S/c1-3-14-8-5-6-10-16(14)17(12-18)19(4-2)13-15-9-7-11-20-15/h5-11,17H,3-4,12-13,18H2,1-2H3. The molecule has 0 radical (unpaired) electrons. The van der Waals surface area contributed by atoms with Gasteiger partial charge in [0, 0.05) is 24.0 Å². The van der Waals surface area contributed by atoms with Crippen LogP contribution >= 0.6 is 11.3 Å². The van der Waals surface area contributed by atoms with E-state index in [-0.39, 0.29) is 0 Å². The van der Waals surface area contributed by atoms with Crippen LogP contribution in [0.5, 0.6) is 0 Å². The van der Waals surface area contributed by atoms with Gasteiger partial charge in [0.15, 0.2) is 0 Å². The van der Waals surface area contributed by atoms with Gasteiger partial charge >= 0.3 is 0 Å². The molecule has 20 heavy (non-hydrogen) atoms. The fourth-order valence-corrected chi connectivity index (χ4v) is 3.43. The average molecular weight is 288 g/mol. The van der Waals surface area contributed by atoms with Crippen LogP contribution in [0.25, 0.3) is 0 Å². The molecule has 0 spiro atoms. The Labute approximate surface area is 126 Å². The van der Waals surface area contributed by atoms with Gasteiger partial charge in [-0.2, -0.15) is 0 Å². The van der Waals surface area contributed by atoms with Gasteiger partial charge in [-0.25, -0.2) is 0 Å². The van der Waals surface area contributed by atoms with E-state index >= 15 is 0 Å². The van der Waals surface area contributed by atoms with Crippen LogP contribution in [0.4, 0.5) is 0 Å². The van der Waals surface area contributed by atoms with Crippen LogP contribution in [0, 0.1) is 0 Å². The monoisotopic (exact) mass is 288 g/mol. The predicted molar refractivity (Wildman–Crippen MR) is 88.0 cm³/mol. The molecule has 2 aromatic rings. The summed E-state index contributed by atoms with van der Waals surface area (Å²) in [6, 6.07) is 13.3. The van der Waals surface area contributed by atoms with E-state index < -0.39 is 0 Å². The molecule has 1 atom stereocenters. The fourth-order valence-electron chi connectivity index (χ4n) is 2.70. The Balaban J connectivity index is 2.24. The Morgan fingerprint density at radius 2 is 1.95 bits per heavy atom. The molecule has 2 N–H and O–H groups in total. The van der Waals surface area contributed by atoms with Crippen molar-refractivity contribution in [2.45, 2.75) is 32.9 Å². The van der Waals surface area contributed by atoms with E-state index in [1.807, 2.05) is 11.3 Å². The second kappa shape index (κ2) is 7.58. The predicted octanol–water partition coefficient (Wildman–Crippen LogP) is 3.83. The molecular formula is C17H24N2S.